The molecule has 0 unspecified atom stereocenters. The zero-order valence-corrected chi connectivity index (χ0v) is 17.1. The monoisotopic (exact) mass is 398 g/mol. The normalized spacial score (nSPS) is 17.0. The SMILES string of the molecule is CCOC(=O)CSCc1nc2c(c(=O)[nH]1)C1(CCCCC1)Cc1ccccc1-2. The van der Waals surface area contributed by atoms with E-state index in [4.69, 9.17) is 9.72 Å². The largest absolute Gasteiger partial charge is 0.465 e. The summed E-state index contributed by atoms with van der Waals surface area (Å²) in [6.07, 6.45) is 6.60. The van der Waals surface area contributed by atoms with Gasteiger partial charge in [-0.05, 0) is 31.7 Å². The van der Waals surface area contributed by atoms with Crippen LogP contribution in [-0.2, 0) is 27.1 Å². The summed E-state index contributed by atoms with van der Waals surface area (Å²) in [7, 11) is 0. The van der Waals surface area contributed by atoms with Gasteiger partial charge in [0.25, 0.3) is 5.56 Å². The van der Waals surface area contributed by atoms with Crippen molar-refractivity contribution in [1.82, 2.24) is 9.97 Å². The molecule has 2 aliphatic carbocycles. The summed E-state index contributed by atoms with van der Waals surface area (Å²) in [6, 6.07) is 8.33. The van der Waals surface area contributed by atoms with E-state index in [2.05, 4.69) is 23.2 Å². The molecule has 2 aliphatic rings. The number of carbonyl (C=O) groups is 1. The van der Waals surface area contributed by atoms with Gasteiger partial charge >= 0.3 is 5.97 Å². The molecule has 0 amide bonds. The van der Waals surface area contributed by atoms with Gasteiger partial charge in [-0.3, -0.25) is 9.59 Å². The minimum Gasteiger partial charge on any atom is -0.465 e. The molecule has 0 saturated heterocycles. The quantitative estimate of drug-likeness (QED) is 0.771. The summed E-state index contributed by atoms with van der Waals surface area (Å²) in [6.45, 7) is 2.18. The predicted molar refractivity (Wildman–Crippen MR) is 112 cm³/mol. The molecule has 1 N–H and O–H groups in total. The van der Waals surface area contributed by atoms with Crippen LogP contribution in [-0.4, -0.2) is 28.3 Å². The second kappa shape index (κ2) is 8.11. The zero-order chi connectivity index (χ0) is 19.6. The molecular formula is C22H26N2O3S. The minimum absolute atomic E-state index is 0.00635. The molecule has 28 heavy (non-hydrogen) atoms. The Balaban J connectivity index is 1.69. The van der Waals surface area contributed by atoms with Gasteiger partial charge in [0, 0.05) is 11.0 Å². The van der Waals surface area contributed by atoms with Crippen LogP contribution in [0.4, 0.5) is 0 Å². The van der Waals surface area contributed by atoms with Gasteiger partial charge in [0.15, 0.2) is 0 Å². The van der Waals surface area contributed by atoms with Crippen molar-refractivity contribution in [3.63, 3.8) is 0 Å². The number of H-pyrrole nitrogens is 1. The molecule has 1 heterocycles. The fraction of sp³-hybridized carbons (Fsp3) is 0.500. The Labute approximate surface area is 169 Å². The van der Waals surface area contributed by atoms with Crippen LogP contribution in [0.25, 0.3) is 11.3 Å². The van der Waals surface area contributed by atoms with E-state index >= 15 is 0 Å². The first kappa shape index (κ1) is 19.2. The Morgan fingerprint density at radius 1 is 1.25 bits per heavy atom. The first-order valence-electron chi connectivity index (χ1n) is 10.1. The van der Waals surface area contributed by atoms with Gasteiger partial charge < -0.3 is 9.72 Å². The number of ether oxygens (including phenoxy) is 1. The number of rotatable bonds is 5. The maximum atomic E-state index is 13.2. The number of aromatic nitrogens is 2. The summed E-state index contributed by atoms with van der Waals surface area (Å²) in [4.78, 5) is 32.6. The lowest BCUT2D eigenvalue weighted by atomic mass is 9.62. The number of carbonyl (C=O) groups excluding carboxylic acids is 1. The molecule has 1 aromatic carbocycles. The molecule has 5 nitrogen and oxygen atoms in total. The van der Waals surface area contributed by atoms with Crippen molar-refractivity contribution in [2.45, 2.75) is 56.6 Å². The molecule has 148 valence electrons. The van der Waals surface area contributed by atoms with Crippen molar-refractivity contribution in [2.75, 3.05) is 12.4 Å². The van der Waals surface area contributed by atoms with E-state index in [1.807, 2.05) is 6.07 Å². The molecule has 6 heteroatoms. The lowest BCUT2D eigenvalue weighted by Crippen LogP contribution is -2.41. The second-order valence-corrected chi connectivity index (χ2v) is 8.69. The number of hydrogen-bond acceptors (Lipinski definition) is 5. The van der Waals surface area contributed by atoms with Gasteiger partial charge in [0.05, 0.1) is 29.4 Å². The maximum Gasteiger partial charge on any atom is 0.315 e. The number of hydrogen-bond donors (Lipinski definition) is 1. The van der Waals surface area contributed by atoms with Crippen molar-refractivity contribution in [1.29, 1.82) is 0 Å². The van der Waals surface area contributed by atoms with Crippen LogP contribution >= 0.6 is 11.8 Å². The van der Waals surface area contributed by atoms with E-state index in [0.717, 1.165) is 48.9 Å². The van der Waals surface area contributed by atoms with E-state index in [1.54, 1.807) is 6.92 Å². The maximum absolute atomic E-state index is 13.2. The summed E-state index contributed by atoms with van der Waals surface area (Å²) in [5.41, 5.74) is 4.01. The lowest BCUT2D eigenvalue weighted by molar-refractivity contribution is -0.139. The van der Waals surface area contributed by atoms with Crippen molar-refractivity contribution in [3.05, 3.63) is 51.6 Å². The number of nitrogens with zero attached hydrogens (tertiary/aromatic N) is 1. The van der Waals surface area contributed by atoms with Gasteiger partial charge in [-0.25, -0.2) is 4.98 Å². The van der Waals surface area contributed by atoms with E-state index in [9.17, 15) is 9.59 Å². The molecule has 4 rings (SSSR count). The van der Waals surface area contributed by atoms with E-state index in [1.165, 1.54) is 23.7 Å². The van der Waals surface area contributed by atoms with Crippen LogP contribution in [0, 0.1) is 0 Å². The third kappa shape index (κ3) is 3.62. The number of aromatic amines is 1. The average molecular weight is 399 g/mol. The van der Waals surface area contributed by atoms with Crippen LogP contribution in [0.15, 0.2) is 29.1 Å². The Kier molecular flexibility index (Phi) is 5.58. The topological polar surface area (TPSA) is 72.0 Å². The fourth-order valence-corrected chi connectivity index (χ4v) is 5.40. The summed E-state index contributed by atoms with van der Waals surface area (Å²) in [5.74, 6) is 1.13. The van der Waals surface area contributed by atoms with Gasteiger partial charge in [-0.2, -0.15) is 0 Å². The molecule has 0 atom stereocenters. The fourth-order valence-electron chi connectivity index (χ4n) is 4.72. The number of nitrogens with one attached hydrogen (secondary N) is 1. The number of fused-ring (bicyclic) bond motifs is 4. The third-order valence-electron chi connectivity index (χ3n) is 5.87. The van der Waals surface area contributed by atoms with Crippen LogP contribution in [0.2, 0.25) is 0 Å². The second-order valence-electron chi connectivity index (χ2n) is 7.71. The highest BCUT2D eigenvalue weighted by atomic mass is 32.2. The standard InChI is InChI=1S/C22H26N2O3S/c1-2-27-18(25)14-28-13-17-23-20-16-9-5-4-8-15(16)12-22(10-6-3-7-11-22)19(20)21(26)24-17/h4-5,8-9H,2-3,6-7,10-14H2,1H3,(H,23,24,26). The van der Waals surface area contributed by atoms with Gasteiger partial charge in [0.1, 0.15) is 5.82 Å². The molecule has 1 saturated carbocycles. The Morgan fingerprint density at radius 3 is 2.82 bits per heavy atom. The van der Waals surface area contributed by atoms with Crippen molar-refractivity contribution >= 4 is 17.7 Å². The first-order valence-corrected chi connectivity index (χ1v) is 11.2. The van der Waals surface area contributed by atoms with Gasteiger partial charge in [-0.15, -0.1) is 11.8 Å². The molecule has 0 aliphatic heterocycles. The van der Waals surface area contributed by atoms with Gasteiger partial charge in [-0.1, -0.05) is 43.5 Å². The molecule has 1 aromatic heterocycles. The Hall–Kier alpha value is -2.08. The van der Waals surface area contributed by atoms with E-state index in [0.29, 0.717) is 18.2 Å². The van der Waals surface area contributed by atoms with Crippen molar-refractivity contribution in [2.24, 2.45) is 0 Å². The van der Waals surface area contributed by atoms with Crippen LogP contribution in [0.1, 0.15) is 56.0 Å². The van der Waals surface area contributed by atoms with Crippen molar-refractivity contribution < 1.29 is 9.53 Å². The Bertz CT molecular complexity index is 932. The number of benzene rings is 1. The molecule has 0 radical (unpaired) electrons. The molecule has 2 aromatic rings. The summed E-state index contributed by atoms with van der Waals surface area (Å²) < 4.78 is 4.96. The van der Waals surface area contributed by atoms with Crippen LogP contribution < -0.4 is 5.56 Å². The smallest absolute Gasteiger partial charge is 0.315 e. The number of thioether (sulfide) groups is 1. The lowest BCUT2D eigenvalue weighted by Gasteiger charge is -2.41. The van der Waals surface area contributed by atoms with Crippen molar-refractivity contribution in [3.8, 4) is 11.3 Å². The summed E-state index contributed by atoms with van der Waals surface area (Å²) >= 11 is 1.41. The highest BCUT2D eigenvalue weighted by Gasteiger charge is 2.42. The van der Waals surface area contributed by atoms with Crippen LogP contribution in [0.5, 0.6) is 0 Å². The van der Waals surface area contributed by atoms with Crippen LogP contribution in [0.3, 0.4) is 0 Å². The number of esters is 1. The molecular weight excluding hydrogens is 372 g/mol. The molecule has 1 spiro atoms. The Morgan fingerprint density at radius 2 is 2.04 bits per heavy atom. The predicted octanol–water partition coefficient (Wildman–Crippen LogP) is 3.99. The highest BCUT2D eigenvalue weighted by Crippen LogP contribution is 2.48. The zero-order valence-electron chi connectivity index (χ0n) is 16.3. The molecule has 1 fully saturated rings. The van der Waals surface area contributed by atoms with E-state index in [-0.39, 0.29) is 22.7 Å². The average Bonchev–Trinajstić information content (AvgIpc) is 2.68. The van der Waals surface area contributed by atoms with E-state index < -0.39 is 0 Å². The minimum atomic E-state index is -0.237. The van der Waals surface area contributed by atoms with Gasteiger partial charge in [0.2, 0.25) is 0 Å². The highest BCUT2D eigenvalue weighted by molar-refractivity contribution is 7.99. The summed E-state index contributed by atoms with van der Waals surface area (Å²) in [5, 5.41) is 0. The third-order valence-corrected chi connectivity index (χ3v) is 6.79. The molecule has 0 bridgehead atoms. The first-order chi connectivity index (χ1) is 13.6.